The Morgan fingerprint density at radius 2 is 1.88 bits per heavy atom. The molecule has 120 valence electrons. The number of furan rings is 1. The van der Waals surface area contributed by atoms with Crippen molar-refractivity contribution in [2.45, 2.75) is 6.92 Å². The number of rotatable bonds is 5. The van der Waals surface area contributed by atoms with Crippen molar-refractivity contribution in [1.82, 2.24) is 5.43 Å². The highest BCUT2D eigenvalue weighted by Gasteiger charge is 2.09. The predicted octanol–water partition coefficient (Wildman–Crippen LogP) is 4.14. The molecule has 0 bridgehead atoms. The number of hydrogen-bond acceptors (Lipinski definition) is 4. The van der Waals surface area contributed by atoms with Crippen molar-refractivity contribution >= 4 is 12.1 Å². The van der Waals surface area contributed by atoms with Gasteiger partial charge < -0.3 is 9.15 Å². The smallest absolute Gasteiger partial charge is 0.274 e. The molecule has 0 saturated heterocycles. The molecule has 0 aliphatic rings. The van der Waals surface area contributed by atoms with Crippen LogP contribution in [0.1, 0.15) is 21.7 Å². The Labute approximate surface area is 139 Å². The largest absolute Gasteiger partial charge is 0.469 e. The summed E-state index contributed by atoms with van der Waals surface area (Å²) in [6, 6.07) is 18.6. The molecule has 0 spiro atoms. The van der Waals surface area contributed by atoms with Gasteiger partial charge in [0.15, 0.2) is 0 Å². The lowest BCUT2D eigenvalue weighted by Crippen LogP contribution is -2.17. The average Bonchev–Trinajstić information content (AvgIpc) is 3.02. The quantitative estimate of drug-likeness (QED) is 0.567. The fourth-order valence-electron chi connectivity index (χ4n) is 2.13. The van der Waals surface area contributed by atoms with E-state index in [1.807, 2.05) is 54.6 Å². The van der Waals surface area contributed by atoms with Crippen LogP contribution in [-0.4, -0.2) is 12.1 Å². The molecule has 0 aliphatic heterocycles. The van der Waals surface area contributed by atoms with Crippen molar-refractivity contribution in [3.8, 4) is 11.5 Å². The number of benzene rings is 2. The molecular formula is C19H16N2O3. The minimum absolute atomic E-state index is 0.311. The van der Waals surface area contributed by atoms with Gasteiger partial charge in [-0.3, -0.25) is 4.79 Å². The summed E-state index contributed by atoms with van der Waals surface area (Å²) in [5.74, 6) is 1.70. The summed E-state index contributed by atoms with van der Waals surface area (Å²) >= 11 is 0. The maximum Gasteiger partial charge on any atom is 0.274 e. The molecule has 0 unspecified atom stereocenters. The van der Waals surface area contributed by atoms with E-state index in [-0.39, 0.29) is 5.91 Å². The van der Waals surface area contributed by atoms with Crippen molar-refractivity contribution in [2.75, 3.05) is 0 Å². The summed E-state index contributed by atoms with van der Waals surface area (Å²) in [6.45, 7) is 1.73. The number of nitrogens with zero attached hydrogens (tertiary/aromatic N) is 1. The summed E-state index contributed by atoms with van der Waals surface area (Å²) in [6.07, 6.45) is 3.03. The van der Waals surface area contributed by atoms with Gasteiger partial charge in [-0.25, -0.2) is 5.43 Å². The Morgan fingerprint density at radius 3 is 2.62 bits per heavy atom. The summed E-state index contributed by atoms with van der Waals surface area (Å²) in [5.41, 5.74) is 3.75. The lowest BCUT2D eigenvalue weighted by atomic mass is 10.2. The van der Waals surface area contributed by atoms with Crippen LogP contribution in [0.3, 0.4) is 0 Å². The van der Waals surface area contributed by atoms with Crippen LogP contribution in [-0.2, 0) is 0 Å². The fraction of sp³-hybridized carbons (Fsp3) is 0.0526. The second-order valence-corrected chi connectivity index (χ2v) is 5.08. The molecule has 2 aromatic carbocycles. The topological polar surface area (TPSA) is 63.8 Å². The Kier molecular flexibility index (Phi) is 4.72. The first kappa shape index (κ1) is 15.6. The number of ether oxygens (including phenoxy) is 1. The third-order valence-electron chi connectivity index (χ3n) is 3.32. The van der Waals surface area contributed by atoms with E-state index in [0.29, 0.717) is 17.1 Å². The van der Waals surface area contributed by atoms with Crippen LogP contribution in [0.5, 0.6) is 11.5 Å². The maximum atomic E-state index is 11.9. The Hall–Kier alpha value is -3.34. The normalized spacial score (nSPS) is 10.7. The van der Waals surface area contributed by atoms with Gasteiger partial charge in [0.1, 0.15) is 17.3 Å². The zero-order valence-corrected chi connectivity index (χ0v) is 13.1. The Bertz CT molecular complexity index is 854. The standard InChI is InChI=1S/C19H16N2O3/c1-14-18(10-11-23-14)19(22)21-20-13-15-6-5-9-17(12-15)24-16-7-3-2-4-8-16/h2-13H,1H3,(H,21,22)/b20-13+. The lowest BCUT2D eigenvalue weighted by molar-refractivity contribution is 0.0953. The van der Waals surface area contributed by atoms with Crippen molar-refractivity contribution in [3.63, 3.8) is 0 Å². The summed E-state index contributed by atoms with van der Waals surface area (Å²) in [4.78, 5) is 11.9. The number of hydrogen-bond donors (Lipinski definition) is 1. The number of amides is 1. The number of carbonyl (C=O) groups excluding carboxylic acids is 1. The maximum absolute atomic E-state index is 11.9. The van der Waals surface area contributed by atoms with Gasteiger partial charge >= 0.3 is 0 Å². The molecule has 24 heavy (non-hydrogen) atoms. The van der Waals surface area contributed by atoms with E-state index in [9.17, 15) is 4.79 Å². The van der Waals surface area contributed by atoms with Crippen LogP contribution >= 0.6 is 0 Å². The van der Waals surface area contributed by atoms with E-state index >= 15 is 0 Å². The van der Waals surface area contributed by atoms with E-state index in [4.69, 9.17) is 9.15 Å². The fourth-order valence-corrected chi connectivity index (χ4v) is 2.13. The first-order valence-corrected chi connectivity index (χ1v) is 7.43. The second-order valence-electron chi connectivity index (χ2n) is 5.08. The first-order chi connectivity index (χ1) is 11.7. The highest BCUT2D eigenvalue weighted by molar-refractivity contribution is 5.95. The minimum atomic E-state index is -0.311. The first-order valence-electron chi connectivity index (χ1n) is 7.43. The van der Waals surface area contributed by atoms with E-state index in [1.165, 1.54) is 6.26 Å². The van der Waals surface area contributed by atoms with Crippen LogP contribution in [0.15, 0.2) is 76.4 Å². The average molecular weight is 320 g/mol. The SMILES string of the molecule is Cc1occc1C(=O)N/N=C/c1cccc(Oc2ccccc2)c1. The van der Waals surface area contributed by atoms with Gasteiger partial charge in [-0.1, -0.05) is 30.3 Å². The third kappa shape index (κ3) is 3.89. The van der Waals surface area contributed by atoms with Crippen molar-refractivity contribution in [2.24, 2.45) is 5.10 Å². The van der Waals surface area contributed by atoms with Crippen LogP contribution in [0.4, 0.5) is 0 Å². The summed E-state index contributed by atoms with van der Waals surface area (Å²) < 4.78 is 10.9. The Morgan fingerprint density at radius 1 is 1.08 bits per heavy atom. The van der Waals surface area contributed by atoms with Gasteiger partial charge in [0.2, 0.25) is 0 Å². The zero-order valence-electron chi connectivity index (χ0n) is 13.1. The third-order valence-corrected chi connectivity index (χ3v) is 3.32. The molecule has 5 heteroatoms. The van der Waals surface area contributed by atoms with E-state index in [0.717, 1.165) is 11.3 Å². The number of nitrogens with one attached hydrogen (secondary N) is 1. The highest BCUT2D eigenvalue weighted by atomic mass is 16.5. The number of hydrazone groups is 1. The van der Waals surface area contributed by atoms with Crippen molar-refractivity contribution < 1.29 is 13.9 Å². The van der Waals surface area contributed by atoms with Gasteiger partial charge in [-0.2, -0.15) is 5.10 Å². The van der Waals surface area contributed by atoms with Crippen LogP contribution in [0.25, 0.3) is 0 Å². The predicted molar refractivity (Wildman–Crippen MR) is 91.5 cm³/mol. The molecule has 1 aromatic heterocycles. The summed E-state index contributed by atoms with van der Waals surface area (Å²) in [5, 5.41) is 3.97. The number of aryl methyl sites for hydroxylation is 1. The lowest BCUT2D eigenvalue weighted by Gasteiger charge is -2.05. The van der Waals surface area contributed by atoms with E-state index in [1.54, 1.807) is 19.2 Å². The molecule has 1 amide bonds. The molecular weight excluding hydrogens is 304 g/mol. The van der Waals surface area contributed by atoms with Crippen LogP contribution in [0, 0.1) is 6.92 Å². The van der Waals surface area contributed by atoms with Gasteiger partial charge in [0.25, 0.3) is 5.91 Å². The monoisotopic (exact) mass is 320 g/mol. The molecule has 1 heterocycles. The number of carbonyl (C=O) groups is 1. The molecule has 1 N–H and O–H groups in total. The minimum Gasteiger partial charge on any atom is -0.469 e. The highest BCUT2D eigenvalue weighted by Crippen LogP contribution is 2.21. The van der Waals surface area contributed by atoms with Crippen molar-refractivity contribution in [1.29, 1.82) is 0 Å². The summed E-state index contributed by atoms with van der Waals surface area (Å²) in [7, 11) is 0. The molecule has 0 saturated carbocycles. The van der Waals surface area contributed by atoms with Gasteiger partial charge in [0.05, 0.1) is 18.0 Å². The molecule has 5 nitrogen and oxygen atoms in total. The molecule has 0 atom stereocenters. The second kappa shape index (κ2) is 7.28. The van der Waals surface area contributed by atoms with E-state index in [2.05, 4.69) is 10.5 Å². The molecule has 0 radical (unpaired) electrons. The van der Waals surface area contributed by atoms with Gasteiger partial charge in [0, 0.05) is 0 Å². The van der Waals surface area contributed by atoms with Crippen molar-refractivity contribution in [3.05, 3.63) is 83.8 Å². The van der Waals surface area contributed by atoms with Crippen LogP contribution < -0.4 is 10.2 Å². The molecule has 3 rings (SSSR count). The van der Waals surface area contributed by atoms with Crippen LogP contribution in [0.2, 0.25) is 0 Å². The van der Waals surface area contributed by atoms with E-state index < -0.39 is 0 Å². The number of para-hydroxylation sites is 1. The van der Waals surface area contributed by atoms with Gasteiger partial charge in [-0.05, 0) is 42.8 Å². The zero-order chi connectivity index (χ0) is 16.8. The Balaban J connectivity index is 1.64. The molecule has 0 aliphatic carbocycles. The molecule has 0 fully saturated rings. The van der Waals surface area contributed by atoms with Gasteiger partial charge in [-0.15, -0.1) is 0 Å². The molecule has 3 aromatic rings.